The van der Waals surface area contributed by atoms with Gasteiger partial charge in [-0.1, -0.05) is 12.1 Å². The summed E-state index contributed by atoms with van der Waals surface area (Å²) in [7, 11) is 0. The highest BCUT2D eigenvalue weighted by atomic mass is 19.1. The summed E-state index contributed by atoms with van der Waals surface area (Å²) >= 11 is 0. The summed E-state index contributed by atoms with van der Waals surface area (Å²) in [6.07, 6.45) is 2.82. The van der Waals surface area contributed by atoms with Crippen molar-refractivity contribution in [3.05, 3.63) is 71.9 Å². The van der Waals surface area contributed by atoms with Gasteiger partial charge in [-0.3, -0.25) is 0 Å². The first-order chi connectivity index (χ1) is 12.2. The van der Waals surface area contributed by atoms with Crippen molar-refractivity contribution in [1.29, 1.82) is 10.5 Å². The number of hydrogen-bond acceptors (Lipinski definition) is 6. The number of aromatic nitrogens is 2. The van der Waals surface area contributed by atoms with Crippen LogP contribution in [0, 0.1) is 28.5 Å². The van der Waals surface area contributed by atoms with E-state index in [9.17, 15) is 4.39 Å². The lowest BCUT2D eigenvalue weighted by molar-refractivity contribution is 0.441. The number of hydrogen-bond donors (Lipinski definition) is 1. The molecule has 0 aliphatic heterocycles. The molecule has 1 aromatic heterocycles. The van der Waals surface area contributed by atoms with Crippen LogP contribution in [0.1, 0.15) is 11.3 Å². The van der Waals surface area contributed by atoms with Gasteiger partial charge in [-0.05, 0) is 24.3 Å². The molecule has 0 amide bonds. The van der Waals surface area contributed by atoms with Crippen molar-refractivity contribution >= 4 is 11.5 Å². The second kappa shape index (κ2) is 7.07. The summed E-state index contributed by atoms with van der Waals surface area (Å²) in [5.41, 5.74) is 0.795. The van der Waals surface area contributed by atoms with Crippen molar-refractivity contribution in [2.75, 3.05) is 5.32 Å². The Hall–Kier alpha value is -3.97. The summed E-state index contributed by atoms with van der Waals surface area (Å²) in [5, 5.41) is 20.9. The van der Waals surface area contributed by atoms with Crippen LogP contribution >= 0.6 is 0 Å². The van der Waals surface area contributed by atoms with Crippen LogP contribution in [-0.2, 0) is 0 Å². The van der Waals surface area contributed by atoms with Gasteiger partial charge >= 0.3 is 0 Å². The molecule has 0 saturated heterocycles. The van der Waals surface area contributed by atoms with E-state index in [1.807, 2.05) is 12.1 Å². The minimum atomic E-state index is -0.625. The molecule has 120 valence electrons. The fourth-order valence-corrected chi connectivity index (χ4v) is 2.08. The molecule has 0 radical (unpaired) electrons. The molecule has 0 saturated carbocycles. The largest absolute Gasteiger partial charge is 0.453 e. The molecule has 25 heavy (non-hydrogen) atoms. The van der Waals surface area contributed by atoms with Crippen LogP contribution in [0.25, 0.3) is 0 Å². The highest BCUT2D eigenvalue weighted by Gasteiger charge is 2.11. The van der Waals surface area contributed by atoms with Gasteiger partial charge in [0, 0.05) is 24.1 Å². The van der Waals surface area contributed by atoms with E-state index in [-0.39, 0.29) is 23.0 Å². The predicted octanol–water partition coefficient (Wildman–Crippen LogP) is 3.89. The fourth-order valence-electron chi connectivity index (χ4n) is 2.08. The minimum Gasteiger partial charge on any atom is -0.453 e. The third-order valence-corrected chi connectivity index (χ3v) is 3.23. The van der Waals surface area contributed by atoms with Crippen molar-refractivity contribution in [2.45, 2.75) is 0 Å². The first-order valence-electron chi connectivity index (χ1n) is 7.16. The van der Waals surface area contributed by atoms with Gasteiger partial charge in [-0.25, -0.2) is 14.4 Å². The number of rotatable bonds is 4. The maximum atomic E-state index is 14.3. The second-order valence-electron chi connectivity index (χ2n) is 4.85. The Morgan fingerprint density at radius 1 is 0.960 bits per heavy atom. The highest BCUT2D eigenvalue weighted by Crippen LogP contribution is 2.29. The van der Waals surface area contributed by atoms with Crippen LogP contribution in [0.4, 0.5) is 15.9 Å². The lowest BCUT2D eigenvalue weighted by Crippen LogP contribution is -1.99. The monoisotopic (exact) mass is 331 g/mol. The molecule has 7 heteroatoms. The van der Waals surface area contributed by atoms with Gasteiger partial charge in [-0.2, -0.15) is 10.5 Å². The average Bonchev–Trinajstić information content (AvgIpc) is 2.65. The predicted molar refractivity (Wildman–Crippen MR) is 87.7 cm³/mol. The summed E-state index contributed by atoms with van der Waals surface area (Å²) < 4.78 is 19.8. The zero-order chi connectivity index (χ0) is 17.6. The lowest BCUT2D eigenvalue weighted by Gasteiger charge is -2.10. The second-order valence-corrected chi connectivity index (χ2v) is 4.85. The Kier molecular flexibility index (Phi) is 4.50. The molecule has 6 nitrogen and oxygen atoms in total. The van der Waals surface area contributed by atoms with Gasteiger partial charge in [0.05, 0.1) is 5.56 Å². The van der Waals surface area contributed by atoms with Gasteiger partial charge in [-0.15, -0.1) is 0 Å². The summed E-state index contributed by atoms with van der Waals surface area (Å²) in [6.45, 7) is 0. The van der Waals surface area contributed by atoms with E-state index in [0.717, 1.165) is 0 Å². The van der Waals surface area contributed by atoms with Crippen molar-refractivity contribution in [3.8, 4) is 23.6 Å². The van der Waals surface area contributed by atoms with E-state index >= 15 is 0 Å². The molecule has 0 spiro atoms. The number of ether oxygens (including phenoxy) is 1. The molecule has 2 aromatic carbocycles. The van der Waals surface area contributed by atoms with Gasteiger partial charge in [0.1, 0.15) is 17.9 Å². The van der Waals surface area contributed by atoms with Crippen molar-refractivity contribution < 1.29 is 9.13 Å². The standard InChI is InChI=1S/C18H10FN5O/c19-14-9-13(24-18-15(11-21)22-7-8-23-18)5-6-17(14)25-16-4-2-1-3-12(16)10-20/h1-9H,(H,23,24). The molecule has 0 atom stereocenters. The molecule has 0 unspecified atom stereocenters. The van der Waals surface area contributed by atoms with Crippen molar-refractivity contribution in [2.24, 2.45) is 0 Å². The van der Waals surface area contributed by atoms with E-state index in [0.29, 0.717) is 11.3 Å². The number of para-hydroxylation sites is 1. The topological polar surface area (TPSA) is 94.6 Å². The van der Waals surface area contributed by atoms with E-state index in [1.54, 1.807) is 30.3 Å². The lowest BCUT2D eigenvalue weighted by atomic mass is 10.2. The normalized spacial score (nSPS) is 9.72. The Balaban J connectivity index is 1.84. The highest BCUT2D eigenvalue weighted by molar-refractivity contribution is 5.61. The number of nitriles is 2. The van der Waals surface area contributed by atoms with Crippen LogP contribution in [0.3, 0.4) is 0 Å². The third kappa shape index (κ3) is 3.52. The van der Waals surface area contributed by atoms with Gasteiger partial charge in [0.2, 0.25) is 0 Å². The third-order valence-electron chi connectivity index (χ3n) is 3.23. The molecule has 1 N–H and O–H groups in total. The van der Waals surface area contributed by atoms with Crippen LogP contribution in [-0.4, -0.2) is 9.97 Å². The molecule has 0 aliphatic rings. The minimum absolute atomic E-state index is 0.0205. The average molecular weight is 331 g/mol. The SMILES string of the molecule is N#Cc1ccccc1Oc1ccc(Nc2nccnc2C#N)cc1F. The Bertz CT molecular complexity index is 1010. The number of anilines is 2. The number of nitrogens with zero attached hydrogens (tertiary/aromatic N) is 4. The summed E-state index contributed by atoms with van der Waals surface area (Å²) in [6, 6.07) is 14.7. The molecule has 3 rings (SSSR count). The molecule has 1 heterocycles. The maximum absolute atomic E-state index is 14.3. The van der Waals surface area contributed by atoms with Crippen molar-refractivity contribution in [3.63, 3.8) is 0 Å². The number of benzene rings is 2. The zero-order valence-electron chi connectivity index (χ0n) is 12.8. The first-order valence-corrected chi connectivity index (χ1v) is 7.16. The van der Waals surface area contributed by atoms with Gasteiger partial charge in [0.15, 0.2) is 23.1 Å². The van der Waals surface area contributed by atoms with E-state index in [1.165, 1.54) is 24.5 Å². The molecule has 3 aromatic rings. The first kappa shape index (κ1) is 15.9. The van der Waals surface area contributed by atoms with Crippen LogP contribution in [0.5, 0.6) is 11.5 Å². The van der Waals surface area contributed by atoms with E-state index < -0.39 is 5.82 Å². The number of halogens is 1. The number of nitrogens with one attached hydrogen (secondary N) is 1. The van der Waals surface area contributed by atoms with E-state index in [4.69, 9.17) is 15.3 Å². The van der Waals surface area contributed by atoms with E-state index in [2.05, 4.69) is 15.3 Å². The molecule has 0 bridgehead atoms. The molecular weight excluding hydrogens is 321 g/mol. The molecular formula is C18H10FN5O. The van der Waals surface area contributed by atoms with Crippen molar-refractivity contribution in [1.82, 2.24) is 9.97 Å². The molecule has 0 fully saturated rings. The smallest absolute Gasteiger partial charge is 0.183 e. The summed E-state index contributed by atoms with van der Waals surface area (Å²) in [5.74, 6) is -0.147. The van der Waals surface area contributed by atoms with Crippen LogP contribution < -0.4 is 10.1 Å². The Morgan fingerprint density at radius 2 is 1.76 bits per heavy atom. The fraction of sp³-hybridized carbons (Fsp3) is 0. The Labute approximate surface area is 142 Å². The maximum Gasteiger partial charge on any atom is 0.183 e. The van der Waals surface area contributed by atoms with Crippen LogP contribution in [0.2, 0.25) is 0 Å². The summed E-state index contributed by atoms with van der Waals surface area (Å²) in [4.78, 5) is 7.87. The Morgan fingerprint density at radius 3 is 2.52 bits per heavy atom. The van der Waals surface area contributed by atoms with Crippen LogP contribution in [0.15, 0.2) is 54.9 Å². The zero-order valence-corrected chi connectivity index (χ0v) is 12.8. The van der Waals surface area contributed by atoms with Gasteiger partial charge in [0.25, 0.3) is 0 Å². The molecule has 0 aliphatic carbocycles. The van der Waals surface area contributed by atoms with Gasteiger partial charge < -0.3 is 10.1 Å². The quantitative estimate of drug-likeness (QED) is 0.779.